The first kappa shape index (κ1) is 15.7. The topological polar surface area (TPSA) is 111 Å². The van der Waals surface area contributed by atoms with Crippen molar-refractivity contribution in [2.75, 3.05) is 19.6 Å². The number of nitriles is 2. The van der Waals surface area contributed by atoms with Gasteiger partial charge in [0.1, 0.15) is 13.1 Å². The molecule has 0 unspecified atom stereocenters. The van der Waals surface area contributed by atoms with Gasteiger partial charge >= 0.3 is 0 Å². The standard InChI is InChI=1S/C13H12N4O2S/c14-6-2-4-12-3-1-5-13(11-12)20(18,19)17(9-7-15)10-8-16/h1,3,5,11H,6,9-10,14H2. The molecule has 0 aliphatic heterocycles. The largest absolute Gasteiger partial charge is 0.320 e. The minimum Gasteiger partial charge on any atom is -0.320 e. The van der Waals surface area contributed by atoms with Crippen molar-refractivity contribution in [2.45, 2.75) is 4.90 Å². The molecule has 20 heavy (non-hydrogen) atoms. The first-order valence-electron chi connectivity index (χ1n) is 5.59. The summed E-state index contributed by atoms with van der Waals surface area (Å²) in [5, 5.41) is 17.3. The van der Waals surface area contributed by atoms with Gasteiger partial charge in [0, 0.05) is 5.56 Å². The Kier molecular flexibility index (Phi) is 5.71. The highest BCUT2D eigenvalue weighted by atomic mass is 32.2. The second kappa shape index (κ2) is 7.28. The van der Waals surface area contributed by atoms with Gasteiger partial charge in [-0.1, -0.05) is 17.9 Å². The van der Waals surface area contributed by atoms with Crippen LogP contribution < -0.4 is 5.73 Å². The van der Waals surface area contributed by atoms with E-state index in [4.69, 9.17) is 16.3 Å². The van der Waals surface area contributed by atoms with Crippen LogP contribution in [0, 0.1) is 34.5 Å². The average Bonchev–Trinajstić information content (AvgIpc) is 2.45. The zero-order chi connectivity index (χ0) is 15.0. The predicted molar refractivity (Wildman–Crippen MR) is 72.4 cm³/mol. The molecule has 0 bridgehead atoms. The van der Waals surface area contributed by atoms with Gasteiger partial charge < -0.3 is 5.73 Å². The summed E-state index contributed by atoms with van der Waals surface area (Å²) >= 11 is 0. The Morgan fingerprint density at radius 2 is 1.85 bits per heavy atom. The molecule has 0 amide bonds. The van der Waals surface area contributed by atoms with E-state index in [1.807, 2.05) is 0 Å². The van der Waals surface area contributed by atoms with Gasteiger partial charge in [-0.05, 0) is 18.2 Å². The smallest absolute Gasteiger partial charge is 0.245 e. The van der Waals surface area contributed by atoms with Crippen molar-refractivity contribution in [3.05, 3.63) is 29.8 Å². The van der Waals surface area contributed by atoms with Gasteiger partial charge in [0.25, 0.3) is 0 Å². The normalized spacial score (nSPS) is 10.2. The lowest BCUT2D eigenvalue weighted by Crippen LogP contribution is -2.31. The Bertz CT molecular complexity index is 701. The summed E-state index contributed by atoms with van der Waals surface area (Å²) in [6.07, 6.45) is 0. The van der Waals surface area contributed by atoms with Crippen LogP contribution in [0.25, 0.3) is 0 Å². The fraction of sp³-hybridized carbons (Fsp3) is 0.231. The minimum atomic E-state index is -3.88. The number of hydrogen-bond acceptors (Lipinski definition) is 5. The fourth-order valence-corrected chi connectivity index (χ4v) is 2.70. The van der Waals surface area contributed by atoms with Crippen LogP contribution in [0.1, 0.15) is 5.56 Å². The van der Waals surface area contributed by atoms with Crippen molar-refractivity contribution in [3.8, 4) is 24.0 Å². The summed E-state index contributed by atoms with van der Waals surface area (Å²) in [6.45, 7) is -0.588. The van der Waals surface area contributed by atoms with Crippen LogP contribution in [0.2, 0.25) is 0 Å². The van der Waals surface area contributed by atoms with Crippen molar-refractivity contribution in [1.82, 2.24) is 4.31 Å². The molecule has 0 radical (unpaired) electrons. The summed E-state index contributed by atoms with van der Waals surface area (Å²) in [5.74, 6) is 5.36. The second-order valence-electron chi connectivity index (χ2n) is 3.62. The molecule has 0 fully saturated rings. The quantitative estimate of drug-likeness (QED) is 0.621. The van der Waals surface area contributed by atoms with Crippen LogP contribution in [0.15, 0.2) is 29.2 Å². The molecule has 0 saturated heterocycles. The molecule has 0 saturated carbocycles. The van der Waals surface area contributed by atoms with Crippen LogP contribution in [-0.4, -0.2) is 32.4 Å². The van der Waals surface area contributed by atoms with E-state index < -0.39 is 10.0 Å². The monoisotopic (exact) mass is 288 g/mol. The van der Waals surface area contributed by atoms with E-state index in [0.717, 1.165) is 4.31 Å². The lowest BCUT2D eigenvalue weighted by molar-refractivity contribution is 0.479. The van der Waals surface area contributed by atoms with Gasteiger partial charge in [-0.25, -0.2) is 8.42 Å². The summed E-state index contributed by atoms with van der Waals surface area (Å²) < 4.78 is 25.4. The molecule has 102 valence electrons. The van der Waals surface area contributed by atoms with E-state index in [9.17, 15) is 8.42 Å². The first-order chi connectivity index (χ1) is 9.56. The second-order valence-corrected chi connectivity index (χ2v) is 5.56. The Labute approximate surface area is 118 Å². The number of sulfonamides is 1. The molecule has 0 aromatic heterocycles. The van der Waals surface area contributed by atoms with E-state index >= 15 is 0 Å². The zero-order valence-corrected chi connectivity index (χ0v) is 11.4. The number of rotatable bonds is 4. The van der Waals surface area contributed by atoms with Gasteiger partial charge in [-0.3, -0.25) is 0 Å². The Morgan fingerprint density at radius 1 is 1.20 bits per heavy atom. The summed E-state index contributed by atoms with van der Waals surface area (Å²) in [6, 6.07) is 9.44. The molecule has 0 spiro atoms. The number of nitrogens with two attached hydrogens (primary N) is 1. The van der Waals surface area contributed by atoms with E-state index in [1.165, 1.54) is 12.1 Å². The van der Waals surface area contributed by atoms with Crippen LogP contribution in [-0.2, 0) is 10.0 Å². The molecule has 6 nitrogen and oxygen atoms in total. The van der Waals surface area contributed by atoms with Crippen LogP contribution in [0.4, 0.5) is 0 Å². The van der Waals surface area contributed by atoms with Crippen LogP contribution in [0.3, 0.4) is 0 Å². The molecule has 1 aromatic carbocycles. The summed E-state index contributed by atoms with van der Waals surface area (Å²) in [7, 11) is -3.88. The lowest BCUT2D eigenvalue weighted by Gasteiger charge is -2.15. The van der Waals surface area contributed by atoms with E-state index in [0.29, 0.717) is 5.56 Å². The number of nitrogens with zero attached hydrogens (tertiary/aromatic N) is 3. The highest BCUT2D eigenvalue weighted by Crippen LogP contribution is 2.16. The predicted octanol–water partition coefficient (Wildman–Crippen LogP) is 0.0347. The van der Waals surface area contributed by atoms with Gasteiger partial charge in [-0.2, -0.15) is 14.8 Å². The van der Waals surface area contributed by atoms with Gasteiger partial charge in [-0.15, -0.1) is 0 Å². The highest BCUT2D eigenvalue weighted by molar-refractivity contribution is 7.89. The van der Waals surface area contributed by atoms with Crippen molar-refractivity contribution in [3.63, 3.8) is 0 Å². The molecular weight excluding hydrogens is 276 g/mol. The maximum absolute atomic E-state index is 12.3. The SMILES string of the molecule is N#CCN(CC#N)S(=O)(=O)c1cccc(C#CCN)c1. The molecule has 0 heterocycles. The van der Waals surface area contributed by atoms with E-state index in [2.05, 4.69) is 11.8 Å². The average molecular weight is 288 g/mol. The fourth-order valence-electron chi connectivity index (χ4n) is 1.42. The highest BCUT2D eigenvalue weighted by Gasteiger charge is 2.24. The maximum atomic E-state index is 12.3. The van der Waals surface area contributed by atoms with Crippen molar-refractivity contribution >= 4 is 10.0 Å². The molecule has 1 rings (SSSR count). The maximum Gasteiger partial charge on any atom is 0.245 e. The molecular formula is C13H12N4O2S. The summed E-state index contributed by atoms with van der Waals surface area (Å²) in [4.78, 5) is -0.00757. The molecule has 0 aliphatic carbocycles. The van der Waals surface area contributed by atoms with Gasteiger partial charge in [0.15, 0.2) is 0 Å². The minimum absolute atomic E-state index is 0.00757. The Hall–Kier alpha value is -2.37. The van der Waals surface area contributed by atoms with E-state index in [1.54, 1.807) is 24.3 Å². The van der Waals surface area contributed by atoms with Crippen molar-refractivity contribution < 1.29 is 8.42 Å². The van der Waals surface area contributed by atoms with Crippen molar-refractivity contribution in [2.24, 2.45) is 5.73 Å². The van der Waals surface area contributed by atoms with Crippen LogP contribution >= 0.6 is 0 Å². The molecule has 2 N–H and O–H groups in total. The van der Waals surface area contributed by atoms with Crippen LogP contribution in [0.5, 0.6) is 0 Å². The lowest BCUT2D eigenvalue weighted by atomic mass is 10.2. The van der Waals surface area contributed by atoms with E-state index in [-0.39, 0.29) is 24.5 Å². The molecule has 0 aliphatic rings. The third kappa shape index (κ3) is 3.81. The molecule has 7 heteroatoms. The first-order valence-corrected chi connectivity index (χ1v) is 7.03. The Morgan fingerprint density at radius 3 is 2.40 bits per heavy atom. The molecule has 1 aromatic rings. The molecule has 0 atom stereocenters. The third-order valence-electron chi connectivity index (χ3n) is 2.30. The van der Waals surface area contributed by atoms with Crippen molar-refractivity contribution in [1.29, 1.82) is 10.5 Å². The number of benzene rings is 1. The zero-order valence-electron chi connectivity index (χ0n) is 10.6. The Balaban J connectivity index is 3.21. The van der Waals surface area contributed by atoms with Gasteiger partial charge in [0.05, 0.1) is 23.6 Å². The van der Waals surface area contributed by atoms with Gasteiger partial charge in [0.2, 0.25) is 10.0 Å². The summed E-state index contributed by atoms with van der Waals surface area (Å²) in [5.41, 5.74) is 5.76. The third-order valence-corrected chi connectivity index (χ3v) is 4.09. The number of hydrogen-bond donors (Lipinski definition) is 1.